The minimum absolute atomic E-state index is 0.0734. The maximum atomic E-state index is 10.2. The number of hydrogen-bond acceptors (Lipinski definition) is 7. The molecule has 4 rings (SSSR count). The molecule has 1 aromatic carbocycles. The first-order valence-corrected chi connectivity index (χ1v) is 10.2. The Hall–Kier alpha value is -1.87. The molecule has 1 aliphatic heterocycles. The van der Waals surface area contributed by atoms with Crippen LogP contribution in [0, 0.1) is 0 Å². The van der Waals surface area contributed by atoms with E-state index < -0.39 is 24.5 Å². The van der Waals surface area contributed by atoms with Crippen LogP contribution in [0.25, 0.3) is 11.2 Å². The zero-order valence-electron chi connectivity index (χ0n) is 13.7. The van der Waals surface area contributed by atoms with Crippen LogP contribution in [-0.4, -0.2) is 74.7 Å². The third-order valence-corrected chi connectivity index (χ3v) is 6.54. The fraction of sp³-hybridized carbons (Fsp3) is 0.353. The first-order valence-electron chi connectivity index (χ1n) is 8.15. The Labute approximate surface area is 155 Å². The number of benzene rings is 1. The van der Waals surface area contributed by atoms with E-state index >= 15 is 0 Å². The third-order valence-electron chi connectivity index (χ3n) is 4.33. The van der Waals surface area contributed by atoms with E-state index in [-0.39, 0.29) is 21.6 Å². The van der Waals surface area contributed by atoms with Gasteiger partial charge in [0, 0.05) is 0 Å². The van der Waals surface area contributed by atoms with Gasteiger partial charge in [0.2, 0.25) is 0 Å². The maximum absolute atomic E-state index is 10.2. The van der Waals surface area contributed by atoms with Gasteiger partial charge in [-0.05, 0) is 0 Å². The van der Waals surface area contributed by atoms with E-state index in [0.29, 0.717) is 11.2 Å². The average molecular weight is 421 g/mol. The molecular formula is C17H18N4O4Se. The van der Waals surface area contributed by atoms with E-state index in [0.717, 1.165) is 9.91 Å². The summed E-state index contributed by atoms with van der Waals surface area (Å²) in [6.45, 7) is -0.373. The zero-order valence-corrected chi connectivity index (χ0v) is 15.4. The summed E-state index contributed by atoms with van der Waals surface area (Å²) in [5.74, 6) is 0. The van der Waals surface area contributed by atoms with Gasteiger partial charge in [-0.1, -0.05) is 0 Å². The van der Waals surface area contributed by atoms with Crippen molar-refractivity contribution in [3.05, 3.63) is 48.5 Å². The number of aromatic nitrogens is 4. The number of rotatable bonds is 5. The Balaban J connectivity index is 1.61. The first kappa shape index (κ1) is 17.5. The summed E-state index contributed by atoms with van der Waals surface area (Å²) < 4.78 is 8.03. The number of imidazole rings is 1. The van der Waals surface area contributed by atoms with Gasteiger partial charge in [-0.3, -0.25) is 0 Å². The van der Waals surface area contributed by atoms with E-state index in [1.807, 2.05) is 18.2 Å². The van der Waals surface area contributed by atoms with Crippen LogP contribution in [0.5, 0.6) is 0 Å². The van der Waals surface area contributed by atoms with Crippen LogP contribution in [0.15, 0.2) is 43.0 Å². The molecule has 3 aromatic rings. The number of fused-ring (bicyclic) bond motifs is 1. The first-order chi connectivity index (χ1) is 12.7. The van der Waals surface area contributed by atoms with Gasteiger partial charge in [0.15, 0.2) is 0 Å². The zero-order chi connectivity index (χ0) is 18.1. The van der Waals surface area contributed by atoms with Crippen molar-refractivity contribution in [2.24, 2.45) is 0 Å². The van der Waals surface area contributed by atoms with Crippen LogP contribution < -0.4 is 4.59 Å². The normalized spacial score (nSPS) is 25.8. The molecular weight excluding hydrogens is 403 g/mol. The fourth-order valence-corrected chi connectivity index (χ4v) is 4.84. The van der Waals surface area contributed by atoms with Crippen LogP contribution in [0.3, 0.4) is 0 Å². The summed E-state index contributed by atoms with van der Waals surface area (Å²) in [6.07, 6.45) is -1.01. The summed E-state index contributed by atoms with van der Waals surface area (Å²) >= 11 is 0.0734. The predicted octanol–water partition coefficient (Wildman–Crippen LogP) is -1.03. The molecule has 26 heavy (non-hydrogen) atoms. The Bertz CT molecular complexity index is 891. The van der Waals surface area contributed by atoms with Gasteiger partial charge in [0.05, 0.1) is 0 Å². The van der Waals surface area contributed by atoms with Gasteiger partial charge in [-0.25, -0.2) is 0 Å². The van der Waals surface area contributed by atoms with E-state index in [1.54, 1.807) is 4.57 Å². The van der Waals surface area contributed by atoms with Crippen LogP contribution in [0.4, 0.5) is 0 Å². The van der Waals surface area contributed by atoms with Crippen LogP contribution in [0.1, 0.15) is 11.8 Å². The Morgan fingerprint density at radius 1 is 1.08 bits per heavy atom. The minimum atomic E-state index is -1.17. The van der Waals surface area contributed by atoms with E-state index in [4.69, 9.17) is 4.74 Å². The van der Waals surface area contributed by atoms with Gasteiger partial charge in [-0.2, -0.15) is 0 Å². The molecule has 3 N–H and O–H groups in total. The second-order valence-corrected chi connectivity index (χ2v) is 8.03. The second kappa shape index (κ2) is 7.40. The van der Waals surface area contributed by atoms with Crippen molar-refractivity contribution >= 4 is 30.7 Å². The van der Waals surface area contributed by atoms with Crippen molar-refractivity contribution in [1.82, 2.24) is 19.5 Å². The Morgan fingerprint density at radius 2 is 1.88 bits per heavy atom. The molecule has 8 nitrogen and oxygen atoms in total. The number of ether oxygens (including phenoxy) is 1. The topological polar surface area (TPSA) is 114 Å². The molecule has 0 amide bonds. The number of hydrogen-bond donors (Lipinski definition) is 3. The summed E-state index contributed by atoms with van der Waals surface area (Å²) in [7, 11) is 0. The van der Waals surface area contributed by atoms with E-state index in [1.165, 1.54) is 18.2 Å². The van der Waals surface area contributed by atoms with Crippen molar-refractivity contribution in [3.8, 4) is 0 Å². The quantitative estimate of drug-likeness (QED) is 0.452. The molecule has 4 atom stereocenters. The van der Waals surface area contributed by atoms with Crippen LogP contribution in [0.2, 0.25) is 0 Å². The molecule has 0 radical (unpaired) electrons. The molecule has 1 fully saturated rings. The molecule has 0 unspecified atom stereocenters. The Kier molecular flexibility index (Phi) is 4.99. The van der Waals surface area contributed by atoms with Gasteiger partial charge in [0.25, 0.3) is 0 Å². The van der Waals surface area contributed by atoms with Crippen molar-refractivity contribution in [2.75, 3.05) is 6.61 Å². The molecule has 0 saturated carbocycles. The number of nitrogens with zero attached hydrogens (tertiary/aromatic N) is 4. The molecule has 1 saturated heterocycles. The molecule has 2 aromatic heterocycles. The van der Waals surface area contributed by atoms with Crippen molar-refractivity contribution in [1.29, 1.82) is 0 Å². The molecule has 0 spiro atoms. The van der Waals surface area contributed by atoms with Crippen LogP contribution >= 0.6 is 0 Å². The van der Waals surface area contributed by atoms with Gasteiger partial charge in [0.1, 0.15) is 0 Å². The molecule has 1 aliphatic rings. The van der Waals surface area contributed by atoms with Gasteiger partial charge < -0.3 is 0 Å². The van der Waals surface area contributed by atoms with E-state index in [9.17, 15) is 15.3 Å². The summed E-state index contributed by atoms with van der Waals surface area (Å²) in [5.41, 5.74) is 2.45. The predicted molar refractivity (Wildman–Crippen MR) is 93.9 cm³/mol. The number of aliphatic hydroxyl groups excluding tert-OH is 3. The number of aliphatic hydroxyl groups is 3. The second-order valence-electron chi connectivity index (χ2n) is 6.01. The Morgan fingerprint density at radius 3 is 2.62 bits per heavy atom. The molecule has 136 valence electrons. The summed E-state index contributed by atoms with van der Waals surface area (Å²) in [5, 5.41) is 30.4. The van der Waals surface area contributed by atoms with Crippen molar-refractivity contribution < 1.29 is 20.1 Å². The third kappa shape index (κ3) is 3.14. The summed E-state index contributed by atoms with van der Waals surface area (Å²) in [6, 6.07) is 10.2. The van der Waals surface area contributed by atoms with Gasteiger partial charge in [-0.15, -0.1) is 0 Å². The van der Waals surface area contributed by atoms with Gasteiger partial charge >= 0.3 is 155 Å². The molecule has 0 aliphatic carbocycles. The van der Waals surface area contributed by atoms with E-state index in [2.05, 4.69) is 27.1 Å². The monoisotopic (exact) mass is 422 g/mol. The standard InChI is InChI=1S/C17H18N4O4Se/c22-6-11-13(23)14(24)17(25-11)21-9-20-12-15(21)18-8-19-16(12)26-7-10-4-2-1-3-5-10/h1-5,8-9,11,13-14,17,22-24H,6-7H2/t11-,13-,14-,17-/m1/s1. The SMILES string of the molecule is OC[C@H]1O[C@@H](n2cnc3c([Se]Cc4ccccc4)ncnc32)[C@H](O)[C@@H]1O. The summed E-state index contributed by atoms with van der Waals surface area (Å²) in [4.78, 5) is 13.1. The average Bonchev–Trinajstić information content (AvgIpc) is 3.23. The molecule has 0 bridgehead atoms. The van der Waals surface area contributed by atoms with Crippen molar-refractivity contribution in [3.63, 3.8) is 0 Å². The van der Waals surface area contributed by atoms with Crippen molar-refractivity contribution in [2.45, 2.75) is 29.9 Å². The molecule has 3 heterocycles. The molecule has 9 heteroatoms. The van der Waals surface area contributed by atoms with Crippen LogP contribution in [-0.2, 0) is 10.1 Å². The fourth-order valence-electron chi connectivity index (χ4n) is 2.96.